The highest BCUT2D eigenvalue weighted by Gasteiger charge is 2.12. The van der Waals surface area contributed by atoms with Crippen LogP contribution in [0.2, 0.25) is 0 Å². The number of nitrogens with one attached hydrogen (secondary N) is 1. The highest BCUT2D eigenvalue weighted by Crippen LogP contribution is 2.21. The third-order valence-corrected chi connectivity index (χ3v) is 3.00. The first-order valence-corrected chi connectivity index (χ1v) is 6.07. The molecular weight excluding hydrogens is 222 g/mol. The smallest absolute Gasteiger partial charge is 0.159 e. The molecular formula is C11H13N3OS. The van der Waals surface area contributed by atoms with Crippen LogP contribution in [0.15, 0.2) is 40.5 Å². The number of aromatic nitrogens is 1. The lowest BCUT2D eigenvalue weighted by Gasteiger charge is -2.13. The third kappa shape index (κ3) is 2.43. The molecule has 2 heterocycles. The van der Waals surface area contributed by atoms with Crippen LogP contribution in [-0.2, 0) is 0 Å². The zero-order valence-corrected chi connectivity index (χ0v) is 9.74. The van der Waals surface area contributed by atoms with Gasteiger partial charge in [-0.25, -0.2) is 0 Å². The van der Waals surface area contributed by atoms with Crippen molar-refractivity contribution in [2.24, 2.45) is 5.10 Å². The van der Waals surface area contributed by atoms with E-state index in [0.29, 0.717) is 0 Å². The maximum absolute atomic E-state index is 9.22. The van der Waals surface area contributed by atoms with Crippen molar-refractivity contribution in [2.75, 3.05) is 5.75 Å². The van der Waals surface area contributed by atoms with Crippen molar-refractivity contribution in [3.8, 4) is 0 Å². The van der Waals surface area contributed by atoms with Crippen molar-refractivity contribution in [2.45, 2.75) is 18.0 Å². The van der Waals surface area contributed by atoms with Gasteiger partial charge in [-0.2, -0.15) is 5.10 Å². The predicted molar refractivity (Wildman–Crippen MR) is 65.5 cm³/mol. The summed E-state index contributed by atoms with van der Waals surface area (Å²) < 4.78 is 0. The summed E-state index contributed by atoms with van der Waals surface area (Å²) in [6.07, 6.45) is 4.48. The summed E-state index contributed by atoms with van der Waals surface area (Å²) >= 11 is 1.73. The molecule has 2 N–H and O–H groups in total. The minimum atomic E-state index is -0.699. The molecule has 0 saturated carbocycles. The Hall–Kier alpha value is -1.33. The van der Waals surface area contributed by atoms with Crippen LogP contribution in [0.4, 0.5) is 0 Å². The number of thioether (sulfide) groups is 1. The Morgan fingerprint density at radius 2 is 2.44 bits per heavy atom. The molecule has 1 aliphatic heterocycles. The van der Waals surface area contributed by atoms with Crippen LogP contribution >= 0.6 is 11.8 Å². The Balaban J connectivity index is 2.30. The lowest BCUT2D eigenvalue weighted by Crippen LogP contribution is -2.27. The van der Waals surface area contributed by atoms with Gasteiger partial charge < -0.3 is 5.11 Å². The molecule has 0 bridgehead atoms. The topological polar surface area (TPSA) is 57.5 Å². The van der Waals surface area contributed by atoms with Crippen molar-refractivity contribution < 1.29 is 5.11 Å². The van der Waals surface area contributed by atoms with Crippen LogP contribution in [0.5, 0.6) is 0 Å². The third-order valence-electron chi connectivity index (χ3n) is 2.07. The van der Waals surface area contributed by atoms with Gasteiger partial charge in [0.15, 0.2) is 6.23 Å². The molecule has 16 heavy (non-hydrogen) atoms. The van der Waals surface area contributed by atoms with Gasteiger partial charge in [0.2, 0.25) is 0 Å². The SMILES string of the molecule is CCSc1cccnc1C1=NNC(O)C=C1. The lowest BCUT2D eigenvalue weighted by atomic mass is 10.2. The van der Waals surface area contributed by atoms with E-state index in [1.165, 1.54) is 0 Å². The van der Waals surface area contributed by atoms with Gasteiger partial charge >= 0.3 is 0 Å². The first-order valence-electron chi connectivity index (χ1n) is 5.09. The van der Waals surface area contributed by atoms with E-state index in [0.717, 1.165) is 22.1 Å². The number of nitrogens with zero attached hydrogens (tertiary/aromatic N) is 2. The van der Waals surface area contributed by atoms with E-state index in [9.17, 15) is 5.11 Å². The molecule has 0 aromatic carbocycles. The van der Waals surface area contributed by atoms with Gasteiger partial charge in [-0.3, -0.25) is 10.4 Å². The predicted octanol–water partition coefficient (Wildman–Crippen LogP) is 1.38. The fourth-order valence-corrected chi connectivity index (χ4v) is 2.16. The summed E-state index contributed by atoms with van der Waals surface area (Å²) in [6.45, 7) is 2.10. The molecule has 4 nitrogen and oxygen atoms in total. The second kappa shape index (κ2) is 5.14. The zero-order chi connectivity index (χ0) is 11.4. The maximum Gasteiger partial charge on any atom is 0.159 e. The van der Waals surface area contributed by atoms with Gasteiger partial charge in [0.1, 0.15) is 11.4 Å². The highest BCUT2D eigenvalue weighted by atomic mass is 32.2. The first-order chi connectivity index (χ1) is 7.81. The van der Waals surface area contributed by atoms with E-state index < -0.39 is 6.23 Å². The second-order valence-corrected chi connectivity index (χ2v) is 4.52. The van der Waals surface area contributed by atoms with Crippen molar-refractivity contribution in [3.63, 3.8) is 0 Å². The number of hydrazone groups is 1. The van der Waals surface area contributed by atoms with Gasteiger partial charge in [-0.1, -0.05) is 6.92 Å². The zero-order valence-electron chi connectivity index (χ0n) is 8.92. The van der Waals surface area contributed by atoms with E-state index in [2.05, 4.69) is 22.4 Å². The van der Waals surface area contributed by atoms with Gasteiger partial charge in [0.05, 0.1) is 0 Å². The lowest BCUT2D eigenvalue weighted by molar-refractivity contribution is 0.185. The summed E-state index contributed by atoms with van der Waals surface area (Å²) in [7, 11) is 0. The summed E-state index contributed by atoms with van der Waals surface area (Å²) in [4.78, 5) is 5.42. The van der Waals surface area contributed by atoms with Crippen LogP contribution in [0.25, 0.3) is 0 Å². The normalized spacial score (nSPS) is 19.1. The van der Waals surface area contributed by atoms with Crippen molar-refractivity contribution >= 4 is 17.5 Å². The maximum atomic E-state index is 9.22. The Bertz CT molecular complexity index is 431. The summed E-state index contributed by atoms with van der Waals surface area (Å²) in [6, 6.07) is 3.94. The number of hydrogen-bond acceptors (Lipinski definition) is 5. The van der Waals surface area contributed by atoms with Crippen molar-refractivity contribution in [1.82, 2.24) is 10.4 Å². The first kappa shape index (κ1) is 11.2. The Morgan fingerprint density at radius 1 is 1.56 bits per heavy atom. The monoisotopic (exact) mass is 235 g/mol. The molecule has 1 atom stereocenters. The van der Waals surface area contributed by atoms with Gasteiger partial charge in [0, 0.05) is 11.1 Å². The van der Waals surface area contributed by atoms with E-state index in [1.54, 1.807) is 30.1 Å². The standard InChI is InChI=1S/C11H13N3OS/c1-2-16-9-4-3-7-12-11(9)8-5-6-10(15)14-13-8/h3-7,10,14-15H,2H2,1H3. The molecule has 0 fully saturated rings. The van der Waals surface area contributed by atoms with Crippen LogP contribution in [0, 0.1) is 0 Å². The van der Waals surface area contributed by atoms with Gasteiger partial charge in [-0.15, -0.1) is 11.8 Å². The number of rotatable bonds is 3. The Kier molecular flexibility index (Phi) is 3.58. The molecule has 1 aromatic heterocycles. The number of aliphatic hydroxyl groups is 1. The summed E-state index contributed by atoms with van der Waals surface area (Å²) in [5.41, 5.74) is 4.21. The molecule has 1 unspecified atom stereocenters. The molecule has 0 radical (unpaired) electrons. The second-order valence-electron chi connectivity index (χ2n) is 3.21. The number of aliphatic hydroxyl groups excluding tert-OH is 1. The van der Waals surface area contributed by atoms with E-state index in [-0.39, 0.29) is 0 Å². The minimum absolute atomic E-state index is 0.699. The largest absolute Gasteiger partial charge is 0.369 e. The van der Waals surface area contributed by atoms with Crippen LogP contribution in [0.3, 0.4) is 0 Å². The summed E-state index contributed by atoms with van der Waals surface area (Å²) in [5, 5.41) is 13.3. The summed E-state index contributed by atoms with van der Waals surface area (Å²) in [5.74, 6) is 0.992. The van der Waals surface area contributed by atoms with Gasteiger partial charge in [0.25, 0.3) is 0 Å². The van der Waals surface area contributed by atoms with E-state index in [1.807, 2.05) is 12.1 Å². The Labute approximate surface area is 98.5 Å². The molecule has 0 amide bonds. The number of pyridine rings is 1. The van der Waals surface area contributed by atoms with Crippen molar-refractivity contribution in [1.29, 1.82) is 0 Å². The van der Waals surface area contributed by atoms with Crippen LogP contribution in [-0.4, -0.2) is 27.8 Å². The van der Waals surface area contributed by atoms with E-state index in [4.69, 9.17) is 0 Å². The fraction of sp³-hybridized carbons (Fsp3) is 0.273. The molecule has 84 valence electrons. The van der Waals surface area contributed by atoms with E-state index >= 15 is 0 Å². The van der Waals surface area contributed by atoms with Crippen LogP contribution in [0.1, 0.15) is 12.6 Å². The quantitative estimate of drug-likeness (QED) is 0.777. The molecule has 2 rings (SSSR count). The number of allylic oxidation sites excluding steroid dienone is 1. The average molecular weight is 235 g/mol. The molecule has 1 aromatic rings. The average Bonchev–Trinajstić information content (AvgIpc) is 2.32. The minimum Gasteiger partial charge on any atom is -0.369 e. The molecule has 0 aliphatic carbocycles. The highest BCUT2D eigenvalue weighted by molar-refractivity contribution is 7.99. The number of hydrogen-bond donors (Lipinski definition) is 2. The van der Waals surface area contributed by atoms with Crippen molar-refractivity contribution in [3.05, 3.63) is 36.2 Å². The van der Waals surface area contributed by atoms with Crippen LogP contribution < -0.4 is 5.43 Å². The fourth-order valence-electron chi connectivity index (χ4n) is 1.39. The molecule has 0 saturated heterocycles. The molecule has 1 aliphatic rings. The van der Waals surface area contributed by atoms with Gasteiger partial charge in [-0.05, 0) is 30.0 Å². The Morgan fingerprint density at radius 3 is 3.12 bits per heavy atom. The molecule has 5 heteroatoms. The molecule has 0 spiro atoms.